The van der Waals surface area contributed by atoms with Crippen molar-refractivity contribution in [3.8, 4) is 5.75 Å². The number of aryl methyl sites for hydroxylation is 1. The minimum atomic E-state index is 0.105. The molecule has 4 heteroatoms. The molecule has 1 saturated carbocycles. The van der Waals surface area contributed by atoms with Crippen molar-refractivity contribution in [2.45, 2.75) is 44.6 Å². The van der Waals surface area contributed by atoms with E-state index in [0.29, 0.717) is 12.5 Å². The molecular formula is C18H26N2O2. The summed E-state index contributed by atoms with van der Waals surface area (Å²) in [6.07, 6.45) is 6.39. The first-order chi connectivity index (χ1) is 10.7. The van der Waals surface area contributed by atoms with E-state index < -0.39 is 0 Å². The van der Waals surface area contributed by atoms with E-state index in [9.17, 15) is 4.79 Å². The number of benzene rings is 1. The first-order valence-corrected chi connectivity index (χ1v) is 8.40. The van der Waals surface area contributed by atoms with Crippen molar-refractivity contribution in [3.63, 3.8) is 0 Å². The number of nitrogens with two attached hydrogens (primary N) is 1. The van der Waals surface area contributed by atoms with Crippen molar-refractivity contribution in [1.29, 1.82) is 0 Å². The monoisotopic (exact) mass is 302 g/mol. The Bertz CT molecular complexity index is 544. The van der Waals surface area contributed by atoms with E-state index >= 15 is 0 Å². The smallest absolute Gasteiger partial charge is 0.223 e. The van der Waals surface area contributed by atoms with Crippen molar-refractivity contribution in [2.24, 2.45) is 17.6 Å². The van der Waals surface area contributed by atoms with Crippen molar-refractivity contribution in [1.82, 2.24) is 5.32 Å². The molecule has 0 saturated heterocycles. The third-order valence-corrected chi connectivity index (χ3v) is 5.28. The maximum absolute atomic E-state index is 12.6. The zero-order chi connectivity index (χ0) is 15.5. The van der Waals surface area contributed by atoms with Crippen LogP contribution in [0.5, 0.6) is 5.75 Å². The molecule has 0 spiro atoms. The van der Waals surface area contributed by atoms with Gasteiger partial charge in [0, 0.05) is 5.92 Å². The topological polar surface area (TPSA) is 64.3 Å². The Kier molecular flexibility index (Phi) is 4.67. The highest BCUT2D eigenvalue weighted by Gasteiger charge is 2.33. The molecule has 120 valence electrons. The molecule has 0 aliphatic heterocycles. The third-order valence-electron chi connectivity index (χ3n) is 5.28. The molecule has 2 aliphatic carbocycles. The summed E-state index contributed by atoms with van der Waals surface area (Å²) in [7, 11) is 1.69. The Morgan fingerprint density at radius 3 is 2.95 bits per heavy atom. The van der Waals surface area contributed by atoms with E-state index in [0.717, 1.165) is 44.3 Å². The summed E-state index contributed by atoms with van der Waals surface area (Å²) in [5.74, 6) is 1.55. The molecule has 0 radical (unpaired) electrons. The van der Waals surface area contributed by atoms with Crippen LogP contribution in [0.25, 0.3) is 0 Å². The molecule has 3 N–H and O–H groups in total. The van der Waals surface area contributed by atoms with E-state index in [2.05, 4.69) is 17.4 Å². The lowest BCUT2D eigenvalue weighted by atomic mass is 9.86. The summed E-state index contributed by atoms with van der Waals surface area (Å²) in [5, 5.41) is 3.28. The number of hydrogen-bond donors (Lipinski definition) is 2. The lowest BCUT2D eigenvalue weighted by Crippen LogP contribution is -2.38. The molecule has 1 unspecified atom stereocenters. The SMILES string of the molecule is COc1ccc2c(c1)CCCC2NC(=O)[C@@H]1CCC[C@@H]1CN. The zero-order valence-corrected chi connectivity index (χ0v) is 13.3. The summed E-state index contributed by atoms with van der Waals surface area (Å²) >= 11 is 0. The van der Waals surface area contributed by atoms with E-state index in [1.165, 1.54) is 11.1 Å². The largest absolute Gasteiger partial charge is 0.497 e. The molecule has 4 nitrogen and oxygen atoms in total. The number of methoxy groups -OCH3 is 1. The summed E-state index contributed by atoms with van der Waals surface area (Å²) in [6, 6.07) is 6.34. The van der Waals surface area contributed by atoms with Gasteiger partial charge in [0.1, 0.15) is 5.75 Å². The standard InChI is InChI=1S/C18H26N2O2/c1-22-14-8-9-15-12(10-14)4-3-7-17(15)20-18(21)16-6-2-5-13(16)11-19/h8-10,13,16-17H,2-7,11,19H2,1H3,(H,20,21)/t13-,16-,17?/m1/s1. The molecule has 1 aromatic carbocycles. The minimum Gasteiger partial charge on any atom is -0.497 e. The maximum Gasteiger partial charge on any atom is 0.223 e. The number of carbonyl (C=O) groups excluding carboxylic acids is 1. The second kappa shape index (κ2) is 6.69. The molecule has 0 heterocycles. The zero-order valence-electron chi connectivity index (χ0n) is 13.3. The number of fused-ring (bicyclic) bond motifs is 1. The van der Waals surface area contributed by atoms with Gasteiger partial charge in [-0.15, -0.1) is 0 Å². The number of carbonyl (C=O) groups is 1. The summed E-state index contributed by atoms with van der Waals surface area (Å²) in [6.45, 7) is 0.622. The van der Waals surface area contributed by atoms with Gasteiger partial charge in [0.25, 0.3) is 0 Å². The molecule has 0 bridgehead atoms. The third kappa shape index (κ3) is 2.98. The summed E-state index contributed by atoms with van der Waals surface area (Å²) in [5.41, 5.74) is 8.37. The maximum atomic E-state index is 12.6. The lowest BCUT2D eigenvalue weighted by molar-refractivity contribution is -0.126. The van der Waals surface area contributed by atoms with Crippen LogP contribution < -0.4 is 15.8 Å². The van der Waals surface area contributed by atoms with Gasteiger partial charge in [-0.3, -0.25) is 4.79 Å². The van der Waals surface area contributed by atoms with Crippen LogP contribution in [0.2, 0.25) is 0 Å². The second-order valence-electron chi connectivity index (χ2n) is 6.55. The fraction of sp³-hybridized carbons (Fsp3) is 0.611. The predicted octanol–water partition coefficient (Wildman–Crippen LogP) is 2.56. The first-order valence-electron chi connectivity index (χ1n) is 8.40. The van der Waals surface area contributed by atoms with Gasteiger partial charge < -0.3 is 15.8 Å². The van der Waals surface area contributed by atoms with Crippen LogP contribution in [-0.2, 0) is 11.2 Å². The van der Waals surface area contributed by atoms with E-state index in [1.54, 1.807) is 7.11 Å². The van der Waals surface area contributed by atoms with Crippen molar-refractivity contribution >= 4 is 5.91 Å². The molecule has 22 heavy (non-hydrogen) atoms. The van der Waals surface area contributed by atoms with Gasteiger partial charge in [0.15, 0.2) is 0 Å². The van der Waals surface area contributed by atoms with Crippen LogP contribution in [0.3, 0.4) is 0 Å². The van der Waals surface area contributed by atoms with Crippen molar-refractivity contribution in [2.75, 3.05) is 13.7 Å². The van der Waals surface area contributed by atoms with Crippen molar-refractivity contribution in [3.05, 3.63) is 29.3 Å². The molecule has 1 aromatic rings. The molecular weight excluding hydrogens is 276 g/mol. The minimum absolute atomic E-state index is 0.105. The Morgan fingerprint density at radius 1 is 1.32 bits per heavy atom. The van der Waals surface area contributed by atoms with Crippen LogP contribution in [0.4, 0.5) is 0 Å². The Balaban J connectivity index is 1.73. The lowest BCUT2D eigenvalue weighted by Gasteiger charge is -2.29. The van der Waals surface area contributed by atoms with Crippen LogP contribution >= 0.6 is 0 Å². The molecule has 1 amide bonds. The highest BCUT2D eigenvalue weighted by molar-refractivity contribution is 5.80. The van der Waals surface area contributed by atoms with Crippen molar-refractivity contribution < 1.29 is 9.53 Å². The Labute approximate surface area is 132 Å². The number of rotatable bonds is 4. The Morgan fingerprint density at radius 2 is 2.18 bits per heavy atom. The van der Waals surface area contributed by atoms with E-state index in [-0.39, 0.29) is 17.9 Å². The number of ether oxygens (including phenoxy) is 1. The molecule has 3 rings (SSSR count). The Hall–Kier alpha value is -1.55. The highest BCUT2D eigenvalue weighted by Crippen LogP contribution is 2.35. The highest BCUT2D eigenvalue weighted by atomic mass is 16.5. The van der Waals surface area contributed by atoms with Gasteiger partial charge in [-0.05, 0) is 67.8 Å². The van der Waals surface area contributed by atoms with Gasteiger partial charge in [-0.2, -0.15) is 0 Å². The van der Waals surface area contributed by atoms with E-state index in [4.69, 9.17) is 10.5 Å². The predicted molar refractivity (Wildman–Crippen MR) is 86.7 cm³/mol. The van der Waals surface area contributed by atoms with Crippen LogP contribution in [0.1, 0.15) is 49.3 Å². The quantitative estimate of drug-likeness (QED) is 0.898. The number of hydrogen-bond acceptors (Lipinski definition) is 3. The van der Waals surface area contributed by atoms with Crippen LogP contribution in [0.15, 0.2) is 18.2 Å². The van der Waals surface area contributed by atoms with Crippen LogP contribution in [-0.4, -0.2) is 19.6 Å². The molecule has 1 fully saturated rings. The molecule has 2 aliphatic rings. The number of nitrogens with one attached hydrogen (secondary N) is 1. The van der Waals surface area contributed by atoms with Gasteiger partial charge in [-0.1, -0.05) is 12.5 Å². The average Bonchev–Trinajstić information content (AvgIpc) is 3.03. The average molecular weight is 302 g/mol. The van der Waals surface area contributed by atoms with E-state index in [1.807, 2.05) is 6.07 Å². The summed E-state index contributed by atoms with van der Waals surface area (Å²) in [4.78, 5) is 12.6. The number of amides is 1. The van der Waals surface area contributed by atoms with Gasteiger partial charge in [-0.25, -0.2) is 0 Å². The second-order valence-corrected chi connectivity index (χ2v) is 6.55. The van der Waals surface area contributed by atoms with Gasteiger partial charge in [0.2, 0.25) is 5.91 Å². The fourth-order valence-corrected chi connectivity index (χ4v) is 4.01. The normalized spacial score (nSPS) is 27.3. The van der Waals surface area contributed by atoms with Gasteiger partial charge in [0.05, 0.1) is 13.2 Å². The summed E-state index contributed by atoms with van der Waals surface area (Å²) < 4.78 is 5.31. The van der Waals surface area contributed by atoms with Gasteiger partial charge >= 0.3 is 0 Å². The molecule has 0 aromatic heterocycles. The van der Waals surface area contributed by atoms with Crippen LogP contribution in [0, 0.1) is 11.8 Å². The first kappa shape index (κ1) is 15.3. The molecule has 3 atom stereocenters. The fourth-order valence-electron chi connectivity index (χ4n) is 4.01.